The molecule has 1 rings (SSSR count). The minimum atomic E-state index is -0.728. The average Bonchev–Trinajstić information content (AvgIpc) is 2.90. The smallest absolute Gasteiger partial charge is 0.331 e. The summed E-state index contributed by atoms with van der Waals surface area (Å²) in [6.07, 6.45) is 3.15. The molecule has 22 heavy (non-hydrogen) atoms. The lowest BCUT2D eigenvalue weighted by atomic mass is 10.2. The number of esters is 2. The molecule has 0 fully saturated rings. The molecular formula is C16H22O6. The molecule has 0 radical (unpaired) electrons. The summed E-state index contributed by atoms with van der Waals surface area (Å²) in [5, 5.41) is 9.06. The van der Waals surface area contributed by atoms with Crippen LogP contribution in [0.2, 0.25) is 0 Å². The Balaban J connectivity index is 2.29. The standard InChI is InChI=1S/C16H22O6/c1-11(17)10-16(19)21-12(2)6-4-8-15(18)22-13(3)14-7-5-9-20-14/h4-5,7-9,11-13,17H,6,10H2,1-3H3/b8-4+/t11-,12+,13+/m1/s1. The lowest BCUT2D eigenvalue weighted by Gasteiger charge is -2.12. The zero-order chi connectivity index (χ0) is 16.5. The Labute approximate surface area is 129 Å². The monoisotopic (exact) mass is 310 g/mol. The van der Waals surface area contributed by atoms with Gasteiger partial charge in [0.2, 0.25) is 0 Å². The molecule has 0 aliphatic heterocycles. The molecule has 0 saturated carbocycles. The van der Waals surface area contributed by atoms with Gasteiger partial charge in [-0.25, -0.2) is 4.79 Å². The van der Waals surface area contributed by atoms with Gasteiger partial charge in [0, 0.05) is 12.5 Å². The van der Waals surface area contributed by atoms with Crippen molar-refractivity contribution in [3.8, 4) is 0 Å². The number of hydrogen-bond donors (Lipinski definition) is 1. The summed E-state index contributed by atoms with van der Waals surface area (Å²) >= 11 is 0. The molecule has 122 valence electrons. The molecule has 0 unspecified atom stereocenters. The number of ether oxygens (including phenoxy) is 2. The summed E-state index contributed by atoms with van der Waals surface area (Å²) in [5.74, 6) is -0.390. The van der Waals surface area contributed by atoms with Crippen LogP contribution in [0.1, 0.15) is 45.5 Å². The number of aliphatic hydroxyl groups excluding tert-OH is 1. The van der Waals surface area contributed by atoms with Crippen molar-refractivity contribution in [1.29, 1.82) is 0 Å². The number of carbonyl (C=O) groups excluding carboxylic acids is 2. The fourth-order valence-corrected chi connectivity index (χ4v) is 1.71. The molecule has 0 saturated heterocycles. The van der Waals surface area contributed by atoms with Gasteiger partial charge < -0.3 is 19.0 Å². The third-order valence-electron chi connectivity index (χ3n) is 2.75. The Morgan fingerprint density at radius 2 is 2.05 bits per heavy atom. The van der Waals surface area contributed by atoms with Gasteiger partial charge in [-0.15, -0.1) is 0 Å². The van der Waals surface area contributed by atoms with Crippen LogP contribution in [0.15, 0.2) is 35.0 Å². The first-order valence-corrected chi connectivity index (χ1v) is 7.16. The van der Waals surface area contributed by atoms with Gasteiger partial charge in [-0.1, -0.05) is 6.08 Å². The highest BCUT2D eigenvalue weighted by atomic mass is 16.6. The van der Waals surface area contributed by atoms with Crippen molar-refractivity contribution in [2.75, 3.05) is 0 Å². The van der Waals surface area contributed by atoms with Crippen molar-refractivity contribution >= 4 is 11.9 Å². The fourth-order valence-electron chi connectivity index (χ4n) is 1.71. The summed E-state index contributed by atoms with van der Waals surface area (Å²) in [6, 6.07) is 3.45. The highest BCUT2D eigenvalue weighted by Gasteiger charge is 2.13. The molecule has 0 bridgehead atoms. The highest BCUT2D eigenvalue weighted by Crippen LogP contribution is 2.17. The topological polar surface area (TPSA) is 86.0 Å². The third kappa shape index (κ3) is 7.08. The Bertz CT molecular complexity index is 489. The average molecular weight is 310 g/mol. The fraction of sp³-hybridized carbons (Fsp3) is 0.500. The van der Waals surface area contributed by atoms with E-state index in [2.05, 4.69) is 0 Å². The first-order valence-electron chi connectivity index (χ1n) is 7.16. The second kappa shape index (κ2) is 9.04. The summed E-state index contributed by atoms with van der Waals surface area (Å²) in [7, 11) is 0. The Kier molecular flexibility index (Phi) is 7.39. The number of furan rings is 1. The second-order valence-corrected chi connectivity index (χ2v) is 5.09. The van der Waals surface area contributed by atoms with E-state index in [1.165, 1.54) is 19.3 Å². The van der Waals surface area contributed by atoms with Crippen molar-refractivity contribution in [3.05, 3.63) is 36.3 Å². The quantitative estimate of drug-likeness (QED) is 0.586. The first-order chi connectivity index (χ1) is 10.4. The van der Waals surface area contributed by atoms with Crippen LogP contribution in [0, 0.1) is 0 Å². The third-order valence-corrected chi connectivity index (χ3v) is 2.75. The molecular weight excluding hydrogens is 288 g/mol. The molecule has 6 nitrogen and oxygen atoms in total. The van der Waals surface area contributed by atoms with Gasteiger partial charge in [0.05, 0.1) is 18.8 Å². The van der Waals surface area contributed by atoms with Crippen LogP contribution in [0.25, 0.3) is 0 Å². The van der Waals surface area contributed by atoms with Crippen LogP contribution in [-0.2, 0) is 19.1 Å². The lowest BCUT2D eigenvalue weighted by Crippen LogP contribution is -2.18. The zero-order valence-corrected chi connectivity index (χ0v) is 13.0. The van der Waals surface area contributed by atoms with Crippen molar-refractivity contribution in [1.82, 2.24) is 0 Å². The number of hydrogen-bond acceptors (Lipinski definition) is 6. The van der Waals surface area contributed by atoms with Gasteiger partial charge in [0.15, 0.2) is 6.10 Å². The normalized spacial score (nSPS) is 15.3. The molecule has 1 aromatic rings. The Morgan fingerprint density at radius 3 is 2.64 bits per heavy atom. The van der Waals surface area contributed by atoms with Crippen LogP contribution in [0.3, 0.4) is 0 Å². The predicted molar refractivity (Wildman–Crippen MR) is 78.8 cm³/mol. The maximum atomic E-state index is 11.6. The molecule has 0 aromatic carbocycles. The van der Waals surface area contributed by atoms with Gasteiger partial charge in [0.25, 0.3) is 0 Å². The molecule has 1 aromatic heterocycles. The predicted octanol–water partition coefficient (Wildman–Crippen LogP) is 2.53. The van der Waals surface area contributed by atoms with Crippen LogP contribution < -0.4 is 0 Å². The SMILES string of the molecule is C[C@H](OC(=O)/C=C/C[C@H](C)OC(=O)C[C@@H](C)O)c1ccco1. The summed E-state index contributed by atoms with van der Waals surface area (Å²) in [6.45, 7) is 4.94. The number of rotatable bonds is 8. The number of aliphatic hydroxyl groups is 1. The van der Waals surface area contributed by atoms with Crippen molar-refractivity contribution < 1.29 is 28.6 Å². The lowest BCUT2D eigenvalue weighted by molar-refractivity contribution is -0.150. The van der Waals surface area contributed by atoms with Gasteiger partial charge in [0.1, 0.15) is 11.9 Å². The van der Waals surface area contributed by atoms with Crippen LogP contribution >= 0.6 is 0 Å². The van der Waals surface area contributed by atoms with Crippen LogP contribution in [-0.4, -0.2) is 29.3 Å². The minimum absolute atomic E-state index is 0.0449. The molecule has 1 heterocycles. The van der Waals surface area contributed by atoms with Crippen LogP contribution in [0.4, 0.5) is 0 Å². The van der Waals surface area contributed by atoms with E-state index >= 15 is 0 Å². The summed E-state index contributed by atoms with van der Waals surface area (Å²) in [5.41, 5.74) is 0. The molecule has 1 N–H and O–H groups in total. The van der Waals surface area contributed by atoms with Crippen LogP contribution in [0.5, 0.6) is 0 Å². The maximum Gasteiger partial charge on any atom is 0.331 e. The first kappa shape index (κ1) is 18.0. The molecule has 0 aliphatic rings. The largest absolute Gasteiger partial charge is 0.465 e. The van der Waals surface area contributed by atoms with Crippen molar-refractivity contribution in [3.63, 3.8) is 0 Å². The molecule has 0 spiro atoms. The van der Waals surface area contributed by atoms with E-state index in [0.717, 1.165) is 0 Å². The van der Waals surface area contributed by atoms with Gasteiger partial charge in [-0.3, -0.25) is 4.79 Å². The van der Waals surface area contributed by atoms with Gasteiger partial charge >= 0.3 is 11.9 Å². The van der Waals surface area contributed by atoms with E-state index in [0.29, 0.717) is 12.2 Å². The van der Waals surface area contributed by atoms with Crippen molar-refractivity contribution in [2.45, 2.75) is 51.9 Å². The van der Waals surface area contributed by atoms with Crippen molar-refractivity contribution in [2.24, 2.45) is 0 Å². The summed E-state index contributed by atoms with van der Waals surface area (Å²) < 4.78 is 15.4. The molecule has 0 aliphatic carbocycles. The molecule has 0 amide bonds. The second-order valence-electron chi connectivity index (χ2n) is 5.09. The molecule has 6 heteroatoms. The highest BCUT2D eigenvalue weighted by molar-refractivity contribution is 5.82. The Hall–Kier alpha value is -2.08. The van der Waals surface area contributed by atoms with E-state index < -0.39 is 24.1 Å². The minimum Gasteiger partial charge on any atom is -0.465 e. The Morgan fingerprint density at radius 1 is 1.32 bits per heavy atom. The zero-order valence-electron chi connectivity index (χ0n) is 13.0. The summed E-state index contributed by atoms with van der Waals surface area (Å²) in [4.78, 5) is 22.9. The van der Waals surface area contributed by atoms with Gasteiger partial charge in [-0.05, 0) is 32.9 Å². The van der Waals surface area contributed by atoms with Gasteiger partial charge in [-0.2, -0.15) is 0 Å². The maximum absolute atomic E-state index is 11.6. The van der Waals surface area contributed by atoms with E-state index in [4.69, 9.17) is 19.0 Å². The number of carbonyl (C=O) groups is 2. The van der Waals surface area contributed by atoms with E-state index in [1.807, 2.05) is 0 Å². The van der Waals surface area contributed by atoms with E-state index in [-0.39, 0.29) is 12.5 Å². The van der Waals surface area contributed by atoms with E-state index in [1.54, 1.807) is 32.1 Å². The van der Waals surface area contributed by atoms with E-state index in [9.17, 15) is 9.59 Å². The molecule has 3 atom stereocenters.